The van der Waals surface area contributed by atoms with E-state index in [4.69, 9.17) is 0 Å². The molecular weight excluding hydrogens is 356 g/mol. The zero-order valence-corrected chi connectivity index (χ0v) is 15.9. The predicted molar refractivity (Wildman–Crippen MR) is 102 cm³/mol. The van der Waals surface area contributed by atoms with Gasteiger partial charge in [-0.15, -0.1) is 23.7 Å². The zero-order valence-electron chi connectivity index (χ0n) is 14.3. The van der Waals surface area contributed by atoms with E-state index in [1.54, 1.807) is 17.5 Å². The van der Waals surface area contributed by atoms with Crippen LogP contribution in [0.15, 0.2) is 30.2 Å². The minimum atomic E-state index is 0. The van der Waals surface area contributed by atoms with Gasteiger partial charge in [0.15, 0.2) is 0 Å². The Bertz CT molecular complexity index is 777. The van der Waals surface area contributed by atoms with Crippen LogP contribution in [0.5, 0.6) is 0 Å². The zero-order chi connectivity index (χ0) is 16.4. The Morgan fingerprint density at radius 2 is 2.28 bits per heavy atom. The molecule has 0 bridgehead atoms. The molecule has 25 heavy (non-hydrogen) atoms. The van der Waals surface area contributed by atoms with Crippen LogP contribution < -0.4 is 5.32 Å². The highest BCUT2D eigenvalue weighted by molar-refractivity contribution is 7.09. The standard InChI is InChI=1S/C17H22N6S.ClH/c1-13-16(24-12-20-13)11-22(8-14-3-5-18-7-14)9-15-10-23-6-2-4-19-17(23)21-15;/h2,4,6,10,12,14,18H,3,5,7-9,11H2,1H3;1H. The molecule has 1 atom stereocenters. The molecule has 1 aliphatic heterocycles. The van der Waals surface area contributed by atoms with Crippen molar-refractivity contribution >= 4 is 29.5 Å². The van der Waals surface area contributed by atoms with E-state index in [-0.39, 0.29) is 12.4 Å². The summed E-state index contributed by atoms with van der Waals surface area (Å²) >= 11 is 1.75. The fraction of sp³-hybridized carbons (Fsp3) is 0.471. The Hall–Kier alpha value is -1.54. The number of nitrogens with zero attached hydrogens (tertiary/aromatic N) is 5. The molecule has 134 valence electrons. The minimum absolute atomic E-state index is 0. The Labute approximate surface area is 157 Å². The summed E-state index contributed by atoms with van der Waals surface area (Å²) in [5.74, 6) is 1.48. The Kier molecular flexibility index (Phi) is 6.01. The molecule has 6 nitrogen and oxygen atoms in total. The first-order valence-corrected chi connectivity index (χ1v) is 9.26. The normalized spacial score (nSPS) is 17.3. The van der Waals surface area contributed by atoms with Crippen molar-refractivity contribution in [2.45, 2.75) is 26.4 Å². The highest BCUT2D eigenvalue weighted by Crippen LogP contribution is 2.19. The number of hydrogen-bond donors (Lipinski definition) is 1. The van der Waals surface area contributed by atoms with Crippen LogP contribution in [0.4, 0.5) is 0 Å². The molecule has 0 aliphatic carbocycles. The van der Waals surface area contributed by atoms with Crippen LogP contribution in [-0.2, 0) is 13.1 Å². The molecule has 1 saturated heterocycles. The summed E-state index contributed by atoms with van der Waals surface area (Å²) in [6.07, 6.45) is 7.12. The topological polar surface area (TPSA) is 58.4 Å². The van der Waals surface area contributed by atoms with Gasteiger partial charge < -0.3 is 5.32 Å². The third-order valence-corrected chi connectivity index (χ3v) is 5.48. The molecule has 4 heterocycles. The molecular formula is C17H23ClN6S. The van der Waals surface area contributed by atoms with Gasteiger partial charge in [-0.2, -0.15) is 0 Å². The van der Waals surface area contributed by atoms with Crippen molar-refractivity contribution in [1.29, 1.82) is 0 Å². The second-order valence-electron chi connectivity index (χ2n) is 6.45. The van der Waals surface area contributed by atoms with Crippen molar-refractivity contribution in [2.75, 3.05) is 19.6 Å². The van der Waals surface area contributed by atoms with Gasteiger partial charge in [-0.25, -0.2) is 15.0 Å². The molecule has 0 aromatic carbocycles. The van der Waals surface area contributed by atoms with Gasteiger partial charge in [-0.3, -0.25) is 9.30 Å². The number of aryl methyl sites for hydroxylation is 1. The maximum absolute atomic E-state index is 4.66. The number of rotatable bonds is 6. The first kappa shape index (κ1) is 18.3. The van der Waals surface area contributed by atoms with E-state index in [9.17, 15) is 0 Å². The van der Waals surface area contributed by atoms with E-state index in [2.05, 4.69) is 38.3 Å². The monoisotopic (exact) mass is 378 g/mol. The van der Waals surface area contributed by atoms with Crippen LogP contribution in [0.25, 0.3) is 5.78 Å². The van der Waals surface area contributed by atoms with Crippen LogP contribution in [0.2, 0.25) is 0 Å². The molecule has 0 spiro atoms. The summed E-state index contributed by atoms with van der Waals surface area (Å²) in [5, 5.41) is 3.47. The molecule has 0 saturated carbocycles. The molecule has 0 radical (unpaired) electrons. The summed E-state index contributed by atoms with van der Waals surface area (Å²) in [6.45, 7) is 7.22. The lowest BCUT2D eigenvalue weighted by molar-refractivity contribution is 0.220. The third-order valence-electron chi connectivity index (χ3n) is 4.56. The highest BCUT2D eigenvalue weighted by Gasteiger charge is 2.20. The van der Waals surface area contributed by atoms with Crippen LogP contribution in [-0.4, -0.2) is 43.9 Å². The van der Waals surface area contributed by atoms with E-state index < -0.39 is 0 Å². The van der Waals surface area contributed by atoms with E-state index in [0.29, 0.717) is 5.92 Å². The van der Waals surface area contributed by atoms with Crippen LogP contribution in [0, 0.1) is 12.8 Å². The molecule has 1 aliphatic rings. The van der Waals surface area contributed by atoms with Crippen molar-refractivity contribution in [3.63, 3.8) is 0 Å². The fourth-order valence-corrected chi connectivity index (χ4v) is 4.10. The van der Waals surface area contributed by atoms with Gasteiger partial charge in [-0.1, -0.05) is 0 Å². The molecule has 1 unspecified atom stereocenters. The molecule has 3 aromatic heterocycles. The largest absolute Gasteiger partial charge is 0.316 e. The molecule has 4 rings (SSSR count). The van der Waals surface area contributed by atoms with Crippen LogP contribution in [0.3, 0.4) is 0 Å². The summed E-state index contributed by atoms with van der Waals surface area (Å²) in [5.41, 5.74) is 4.16. The molecule has 3 aromatic rings. The Morgan fingerprint density at radius 1 is 1.36 bits per heavy atom. The SMILES string of the molecule is Cc1ncsc1CN(Cc1cn2cccnc2n1)CC1CCNC1.Cl. The van der Waals surface area contributed by atoms with Crippen LogP contribution >= 0.6 is 23.7 Å². The summed E-state index contributed by atoms with van der Waals surface area (Å²) in [4.78, 5) is 17.2. The molecule has 8 heteroatoms. The first-order valence-electron chi connectivity index (χ1n) is 8.38. The summed E-state index contributed by atoms with van der Waals surface area (Å²) in [6, 6.07) is 1.93. The first-order chi connectivity index (χ1) is 11.8. The quantitative estimate of drug-likeness (QED) is 0.714. The van der Waals surface area contributed by atoms with Crippen molar-refractivity contribution < 1.29 is 0 Å². The van der Waals surface area contributed by atoms with Gasteiger partial charge in [0.05, 0.1) is 16.9 Å². The minimum Gasteiger partial charge on any atom is -0.316 e. The van der Waals surface area contributed by atoms with E-state index in [1.807, 2.05) is 22.2 Å². The summed E-state index contributed by atoms with van der Waals surface area (Å²) in [7, 11) is 0. The number of nitrogens with one attached hydrogen (secondary N) is 1. The lowest BCUT2D eigenvalue weighted by atomic mass is 10.1. The van der Waals surface area contributed by atoms with Crippen molar-refractivity contribution in [1.82, 2.24) is 29.6 Å². The molecule has 1 N–H and O–H groups in total. The van der Waals surface area contributed by atoms with Gasteiger partial charge >= 0.3 is 0 Å². The number of aromatic nitrogens is 4. The maximum Gasteiger partial charge on any atom is 0.233 e. The lowest BCUT2D eigenvalue weighted by Crippen LogP contribution is -2.30. The second kappa shape index (κ2) is 8.23. The van der Waals surface area contributed by atoms with E-state index in [1.165, 1.54) is 11.3 Å². The van der Waals surface area contributed by atoms with E-state index in [0.717, 1.165) is 49.9 Å². The molecule has 1 fully saturated rings. The van der Waals surface area contributed by atoms with Gasteiger partial charge in [0.1, 0.15) is 0 Å². The average molecular weight is 379 g/mol. The summed E-state index contributed by atoms with van der Waals surface area (Å²) < 4.78 is 1.99. The Balaban J connectivity index is 0.00000182. The number of hydrogen-bond acceptors (Lipinski definition) is 6. The average Bonchev–Trinajstić information content (AvgIpc) is 3.29. The van der Waals surface area contributed by atoms with Gasteiger partial charge in [0, 0.05) is 43.1 Å². The van der Waals surface area contributed by atoms with Crippen LogP contribution in [0.1, 0.15) is 22.7 Å². The van der Waals surface area contributed by atoms with Gasteiger partial charge in [0.25, 0.3) is 0 Å². The van der Waals surface area contributed by atoms with Crippen molar-refractivity contribution in [3.05, 3.63) is 46.4 Å². The predicted octanol–water partition coefficient (Wildman–Crippen LogP) is 2.53. The van der Waals surface area contributed by atoms with Gasteiger partial charge in [-0.05, 0) is 38.4 Å². The smallest absolute Gasteiger partial charge is 0.233 e. The fourth-order valence-electron chi connectivity index (χ4n) is 3.29. The number of thiazole rings is 1. The highest BCUT2D eigenvalue weighted by atomic mass is 35.5. The number of halogens is 1. The third kappa shape index (κ3) is 4.36. The van der Waals surface area contributed by atoms with Crippen molar-refractivity contribution in [2.24, 2.45) is 5.92 Å². The van der Waals surface area contributed by atoms with Gasteiger partial charge in [0.2, 0.25) is 5.78 Å². The Morgan fingerprint density at radius 3 is 3.00 bits per heavy atom. The van der Waals surface area contributed by atoms with E-state index >= 15 is 0 Å². The number of fused-ring (bicyclic) bond motifs is 1. The maximum atomic E-state index is 4.66. The number of imidazole rings is 1. The van der Waals surface area contributed by atoms with Crippen molar-refractivity contribution in [3.8, 4) is 0 Å². The lowest BCUT2D eigenvalue weighted by Gasteiger charge is -2.24. The second-order valence-corrected chi connectivity index (χ2v) is 7.39. The molecule has 0 amide bonds.